The Labute approximate surface area is 98.3 Å². The zero-order valence-electron chi connectivity index (χ0n) is 8.67. The van der Waals surface area contributed by atoms with Crippen LogP contribution in [0.4, 0.5) is 0 Å². The van der Waals surface area contributed by atoms with E-state index in [1.165, 1.54) is 19.1 Å². The summed E-state index contributed by atoms with van der Waals surface area (Å²) < 4.78 is 0. The zero-order chi connectivity index (χ0) is 12.3. The summed E-state index contributed by atoms with van der Waals surface area (Å²) in [5, 5.41) is 18.0. The molecule has 1 aromatic rings. The second-order valence-corrected chi connectivity index (χ2v) is 3.99. The van der Waals surface area contributed by atoms with E-state index in [1.807, 2.05) is 0 Å². The predicted molar refractivity (Wildman–Crippen MR) is 60.7 cm³/mol. The van der Waals surface area contributed by atoms with Gasteiger partial charge >= 0.3 is 5.97 Å². The van der Waals surface area contributed by atoms with E-state index in [9.17, 15) is 14.7 Å². The van der Waals surface area contributed by atoms with Crippen LogP contribution in [0.5, 0.6) is 0 Å². The summed E-state index contributed by atoms with van der Waals surface area (Å²) >= 11 is 4.16. The van der Waals surface area contributed by atoms with E-state index < -0.39 is 12.1 Å². The summed E-state index contributed by atoms with van der Waals surface area (Å²) in [7, 11) is 0. The van der Waals surface area contributed by atoms with Crippen molar-refractivity contribution < 1.29 is 19.8 Å². The van der Waals surface area contributed by atoms with Gasteiger partial charge in [-0.15, -0.1) is 12.6 Å². The van der Waals surface area contributed by atoms with Crippen molar-refractivity contribution in [1.82, 2.24) is 0 Å². The van der Waals surface area contributed by atoms with Crippen LogP contribution in [0, 0.1) is 0 Å². The summed E-state index contributed by atoms with van der Waals surface area (Å²) in [6, 6.07) is 4.54. The highest BCUT2D eigenvalue weighted by molar-refractivity contribution is 7.80. The Morgan fingerprint density at radius 3 is 2.56 bits per heavy atom. The van der Waals surface area contributed by atoms with E-state index in [-0.39, 0.29) is 17.8 Å². The maximum atomic E-state index is 11.0. The minimum atomic E-state index is -1.57. The number of carboxylic acid groups (broad SMARTS) is 1. The number of hydrogen-bond acceptors (Lipinski definition) is 4. The van der Waals surface area contributed by atoms with E-state index in [0.717, 1.165) is 0 Å². The molecular weight excluding hydrogens is 228 g/mol. The van der Waals surface area contributed by atoms with Gasteiger partial charge in [0.1, 0.15) is 5.78 Å². The monoisotopic (exact) mass is 240 g/mol. The van der Waals surface area contributed by atoms with Gasteiger partial charge < -0.3 is 10.2 Å². The fourth-order valence-corrected chi connectivity index (χ4v) is 1.55. The van der Waals surface area contributed by atoms with Gasteiger partial charge in [-0.3, -0.25) is 4.79 Å². The number of benzene rings is 1. The van der Waals surface area contributed by atoms with Crippen LogP contribution in [-0.2, 0) is 16.0 Å². The Morgan fingerprint density at radius 2 is 2.06 bits per heavy atom. The van der Waals surface area contributed by atoms with Crippen LogP contribution in [-0.4, -0.2) is 22.0 Å². The molecular formula is C11H12O4S. The van der Waals surface area contributed by atoms with Crippen molar-refractivity contribution in [1.29, 1.82) is 0 Å². The number of Topliss-reactive ketones (excluding diaryl/α,β-unsaturated/α-hetero) is 1. The Kier molecular flexibility index (Phi) is 4.09. The minimum absolute atomic E-state index is 0.0442. The number of carbonyl (C=O) groups is 2. The van der Waals surface area contributed by atoms with Crippen molar-refractivity contribution in [2.45, 2.75) is 24.3 Å². The number of hydrogen-bond donors (Lipinski definition) is 3. The first-order valence-electron chi connectivity index (χ1n) is 4.64. The third kappa shape index (κ3) is 3.08. The summed E-state index contributed by atoms with van der Waals surface area (Å²) in [6.45, 7) is 1.44. The molecule has 1 unspecified atom stereocenters. The van der Waals surface area contributed by atoms with Gasteiger partial charge in [0.15, 0.2) is 6.10 Å². The molecule has 0 aliphatic carbocycles. The van der Waals surface area contributed by atoms with Crippen molar-refractivity contribution >= 4 is 24.4 Å². The molecule has 0 aliphatic heterocycles. The van der Waals surface area contributed by atoms with Crippen LogP contribution in [0.15, 0.2) is 23.1 Å². The van der Waals surface area contributed by atoms with Crippen molar-refractivity contribution in [3.8, 4) is 0 Å². The SMILES string of the molecule is CC(=O)Cc1cc(C(O)C(=O)O)ccc1S. The molecule has 0 saturated carbocycles. The highest BCUT2D eigenvalue weighted by Gasteiger charge is 2.17. The molecule has 0 radical (unpaired) electrons. The average molecular weight is 240 g/mol. The third-order valence-corrected chi connectivity index (χ3v) is 2.53. The van der Waals surface area contributed by atoms with Gasteiger partial charge in [0.05, 0.1) is 0 Å². The van der Waals surface area contributed by atoms with Gasteiger partial charge in [0.2, 0.25) is 0 Å². The zero-order valence-corrected chi connectivity index (χ0v) is 9.57. The molecule has 0 bridgehead atoms. The lowest BCUT2D eigenvalue weighted by molar-refractivity contribution is -0.146. The van der Waals surface area contributed by atoms with Crippen molar-refractivity contribution in [2.24, 2.45) is 0 Å². The maximum Gasteiger partial charge on any atom is 0.337 e. The molecule has 1 atom stereocenters. The van der Waals surface area contributed by atoms with Gasteiger partial charge in [-0.25, -0.2) is 4.79 Å². The number of carbonyl (C=O) groups excluding carboxylic acids is 1. The van der Waals surface area contributed by atoms with Crippen LogP contribution in [0.3, 0.4) is 0 Å². The molecule has 4 nitrogen and oxygen atoms in total. The molecule has 0 amide bonds. The van der Waals surface area contributed by atoms with Crippen LogP contribution >= 0.6 is 12.6 Å². The number of rotatable bonds is 4. The maximum absolute atomic E-state index is 11.0. The minimum Gasteiger partial charge on any atom is -0.479 e. The first-order chi connectivity index (χ1) is 7.41. The van der Waals surface area contributed by atoms with Crippen LogP contribution < -0.4 is 0 Å². The lowest BCUT2D eigenvalue weighted by Gasteiger charge is -2.09. The van der Waals surface area contributed by atoms with Crippen LogP contribution in [0.25, 0.3) is 0 Å². The molecule has 0 fully saturated rings. The molecule has 0 aliphatic rings. The highest BCUT2D eigenvalue weighted by Crippen LogP contribution is 2.21. The van der Waals surface area contributed by atoms with Gasteiger partial charge in [0.25, 0.3) is 0 Å². The second kappa shape index (κ2) is 5.14. The quantitative estimate of drug-likeness (QED) is 0.692. The normalized spacial score (nSPS) is 12.2. The van der Waals surface area contributed by atoms with E-state index in [2.05, 4.69) is 12.6 Å². The number of aliphatic carboxylic acids is 1. The molecule has 0 aromatic heterocycles. The van der Waals surface area contributed by atoms with Crippen molar-refractivity contribution in [2.75, 3.05) is 0 Å². The summed E-state index contributed by atoms with van der Waals surface area (Å²) in [5.74, 6) is -1.36. The van der Waals surface area contributed by atoms with E-state index in [0.29, 0.717) is 10.5 Å². The number of aliphatic hydroxyl groups excluding tert-OH is 1. The van der Waals surface area contributed by atoms with E-state index in [1.54, 1.807) is 6.07 Å². The molecule has 2 N–H and O–H groups in total. The lowest BCUT2D eigenvalue weighted by Crippen LogP contribution is -2.11. The first kappa shape index (κ1) is 12.7. The fourth-order valence-electron chi connectivity index (χ4n) is 1.33. The lowest BCUT2D eigenvalue weighted by atomic mass is 10.0. The third-order valence-electron chi connectivity index (χ3n) is 2.09. The van der Waals surface area contributed by atoms with Gasteiger partial charge in [-0.05, 0) is 24.1 Å². The van der Waals surface area contributed by atoms with Crippen LogP contribution in [0.1, 0.15) is 24.2 Å². The topological polar surface area (TPSA) is 74.6 Å². The number of thiol groups is 1. The molecule has 1 rings (SSSR count). The van der Waals surface area contributed by atoms with Crippen molar-refractivity contribution in [3.05, 3.63) is 29.3 Å². The number of aliphatic hydroxyl groups is 1. The molecule has 1 aromatic carbocycles. The molecule has 86 valence electrons. The smallest absolute Gasteiger partial charge is 0.337 e. The number of carboxylic acids is 1. The predicted octanol–water partition coefficient (Wildman–Crippen LogP) is 1.22. The van der Waals surface area contributed by atoms with Gasteiger partial charge in [0, 0.05) is 11.3 Å². The van der Waals surface area contributed by atoms with Gasteiger partial charge in [-0.2, -0.15) is 0 Å². The van der Waals surface area contributed by atoms with Gasteiger partial charge in [-0.1, -0.05) is 12.1 Å². The molecule has 5 heteroatoms. The molecule has 16 heavy (non-hydrogen) atoms. The fraction of sp³-hybridized carbons (Fsp3) is 0.273. The standard InChI is InChI=1S/C11H12O4S/c1-6(12)4-8-5-7(2-3-9(8)16)10(13)11(14)15/h2-3,5,10,13,16H,4H2,1H3,(H,14,15). The summed E-state index contributed by atoms with van der Waals surface area (Å²) in [4.78, 5) is 22.2. The second-order valence-electron chi connectivity index (χ2n) is 3.51. The highest BCUT2D eigenvalue weighted by atomic mass is 32.1. The molecule has 0 saturated heterocycles. The Morgan fingerprint density at radius 1 is 1.44 bits per heavy atom. The summed E-state index contributed by atoms with van der Waals surface area (Å²) in [6.07, 6.45) is -1.39. The van der Waals surface area contributed by atoms with Crippen molar-refractivity contribution in [3.63, 3.8) is 0 Å². The average Bonchev–Trinajstić information content (AvgIpc) is 2.19. The first-order valence-corrected chi connectivity index (χ1v) is 5.08. The number of ketones is 1. The van der Waals surface area contributed by atoms with E-state index in [4.69, 9.17) is 5.11 Å². The van der Waals surface area contributed by atoms with E-state index >= 15 is 0 Å². The molecule has 0 spiro atoms. The summed E-state index contributed by atoms with van der Waals surface area (Å²) in [5.41, 5.74) is 0.871. The molecule has 0 heterocycles. The Bertz CT molecular complexity index is 428. The Balaban J connectivity index is 3.06. The Hall–Kier alpha value is -1.33. The van der Waals surface area contributed by atoms with Crippen LogP contribution in [0.2, 0.25) is 0 Å². The largest absolute Gasteiger partial charge is 0.479 e.